The number of nitrogens with zero attached hydrogens (tertiary/aromatic N) is 1. The third kappa shape index (κ3) is 1.89. The van der Waals surface area contributed by atoms with Gasteiger partial charge >= 0.3 is 0 Å². The molecule has 0 aromatic carbocycles. The van der Waals surface area contributed by atoms with Crippen molar-refractivity contribution >= 4 is 0 Å². The van der Waals surface area contributed by atoms with Gasteiger partial charge in [-0.2, -0.15) is 0 Å². The molecule has 0 saturated heterocycles. The zero-order valence-corrected chi connectivity index (χ0v) is 8.22. The van der Waals surface area contributed by atoms with Gasteiger partial charge in [0.1, 0.15) is 0 Å². The first-order chi connectivity index (χ1) is 5.56. The Bertz CT molecular complexity index is 230. The van der Waals surface area contributed by atoms with Crippen molar-refractivity contribution in [2.75, 3.05) is 13.1 Å². The van der Waals surface area contributed by atoms with Crippen molar-refractivity contribution in [3.05, 3.63) is 11.6 Å². The standard InChI is InChI=1S/C11H17N/c1-5-11(3,4)12-8-6-10(2)7-9-12/h1,6H,7-9H2,2-4H3. The maximum atomic E-state index is 5.46. The Balaban J connectivity index is 2.64. The summed E-state index contributed by atoms with van der Waals surface area (Å²) in [6.45, 7) is 8.48. The first-order valence-electron chi connectivity index (χ1n) is 4.45. The molecular formula is C11H17N. The first-order valence-corrected chi connectivity index (χ1v) is 4.45. The molecule has 0 N–H and O–H groups in total. The van der Waals surface area contributed by atoms with Gasteiger partial charge in [-0.25, -0.2) is 0 Å². The fourth-order valence-electron chi connectivity index (χ4n) is 1.37. The van der Waals surface area contributed by atoms with Gasteiger partial charge in [-0.05, 0) is 27.2 Å². The van der Waals surface area contributed by atoms with Crippen molar-refractivity contribution in [1.29, 1.82) is 0 Å². The van der Waals surface area contributed by atoms with Crippen molar-refractivity contribution < 1.29 is 0 Å². The van der Waals surface area contributed by atoms with E-state index in [4.69, 9.17) is 6.42 Å². The van der Waals surface area contributed by atoms with Crippen LogP contribution >= 0.6 is 0 Å². The normalized spacial score (nSPS) is 20.0. The first kappa shape index (κ1) is 9.35. The number of terminal acetylenes is 1. The van der Waals surface area contributed by atoms with Crippen molar-refractivity contribution in [3.8, 4) is 12.3 Å². The molecule has 0 aliphatic carbocycles. The van der Waals surface area contributed by atoms with Gasteiger partial charge in [0.05, 0.1) is 5.54 Å². The Hall–Kier alpha value is -0.740. The minimum Gasteiger partial charge on any atom is -0.284 e. The van der Waals surface area contributed by atoms with Crippen LogP contribution in [0.5, 0.6) is 0 Å². The molecule has 0 unspecified atom stereocenters. The van der Waals surface area contributed by atoms with Crippen molar-refractivity contribution in [1.82, 2.24) is 4.90 Å². The highest BCUT2D eigenvalue weighted by atomic mass is 15.2. The Kier molecular flexibility index (Phi) is 2.59. The van der Waals surface area contributed by atoms with E-state index in [0.29, 0.717) is 0 Å². The fraction of sp³-hybridized carbons (Fsp3) is 0.636. The lowest BCUT2D eigenvalue weighted by molar-refractivity contribution is 0.184. The van der Waals surface area contributed by atoms with Crippen LogP contribution in [0.3, 0.4) is 0 Å². The zero-order chi connectivity index (χ0) is 9.19. The summed E-state index contributed by atoms with van der Waals surface area (Å²) >= 11 is 0. The SMILES string of the molecule is C#CC(C)(C)N1CC=C(C)CC1. The van der Waals surface area contributed by atoms with E-state index in [0.717, 1.165) is 19.5 Å². The summed E-state index contributed by atoms with van der Waals surface area (Å²) in [5.74, 6) is 2.82. The van der Waals surface area contributed by atoms with E-state index in [9.17, 15) is 0 Å². The lowest BCUT2D eigenvalue weighted by Crippen LogP contribution is -2.44. The molecule has 0 radical (unpaired) electrons. The van der Waals surface area contributed by atoms with E-state index in [1.807, 2.05) is 0 Å². The Morgan fingerprint density at radius 2 is 2.25 bits per heavy atom. The third-order valence-electron chi connectivity index (χ3n) is 2.58. The molecule has 0 aromatic rings. The molecule has 1 heterocycles. The van der Waals surface area contributed by atoms with E-state index in [-0.39, 0.29) is 5.54 Å². The van der Waals surface area contributed by atoms with E-state index in [2.05, 4.69) is 37.7 Å². The summed E-state index contributed by atoms with van der Waals surface area (Å²) in [6.07, 6.45) is 8.88. The van der Waals surface area contributed by atoms with Crippen LogP contribution < -0.4 is 0 Å². The van der Waals surface area contributed by atoms with Crippen LogP contribution in [0, 0.1) is 12.3 Å². The maximum Gasteiger partial charge on any atom is 0.0768 e. The van der Waals surface area contributed by atoms with E-state index >= 15 is 0 Å². The van der Waals surface area contributed by atoms with Crippen LogP contribution in [0.25, 0.3) is 0 Å². The molecule has 0 aromatic heterocycles. The van der Waals surface area contributed by atoms with Crippen molar-refractivity contribution in [2.24, 2.45) is 0 Å². The quantitative estimate of drug-likeness (QED) is 0.422. The van der Waals surface area contributed by atoms with E-state index in [1.165, 1.54) is 5.57 Å². The molecule has 1 heteroatoms. The molecule has 1 aliphatic rings. The van der Waals surface area contributed by atoms with Gasteiger partial charge < -0.3 is 0 Å². The summed E-state index contributed by atoms with van der Waals surface area (Å²) < 4.78 is 0. The molecule has 0 spiro atoms. The average Bonchev–Trinajstić information content (AvgIpc) is 2.05. The zero-order valence-electron chi connectivity index (χ0n) is 8.22. The average molecular weight is 163 g/mol. The largest absolute Gasteiger partial charge is 0.284 e. The van der Waals surface area contributed by atoms with Gasteiger partial charge in [0.25, 0.3) is 0 Å². The molecular weight excluding hydrogens is 146 g/mol. The second-order valence-electron chi connectivity index (χ2n) is 3.95. The molecule has 0 fully saturated rings. The van der Waals surface area contributed by atoms with Crippen molar-refractivity contribution in [2.45, 2.75) is 32.7 Å². The van der Waals surface area contributed by atoms with Crippen LogP contribution in [-0.2, 0) is 0 Å². The number of hydrogen-bond acceptors (Lipinski definition) is 1. The van der Waals surface area contributed by atoms with Gasteiger partial charge in [0.15, 0.2) is 0 Å². The summed E-state index contributed by atoms with van der Waals surface area (Å²) in [4.78, 5) is 2.33. The fourth-order valence-corrected chi connectivity index (χ4v) is 1.37. The molecule has 0 bridgehead atoms. The lowest BCUT2D eigenvalue weighted by atomic mass is 10.00. The minimum atomic E-state index is -0.0861. The molecule has 12 heavy (non-hydrogen) atoms. The predicted molar refractivity (Wildman–Crippen MR) is 52.9 cm³/mol. The van der Waals surface area contributed by atoms with Crippen LogP contribution in [0.4, 0.5) is 0 Å². The van der Waals surface area contributed by atoms with Gasteiger partial charge in [0, 0.05) is 13.1 Å². The second kappa shape index (κ2) is 3.33. The number of rotatable bonds is 1. The maximum absolute atomic E-state index is 5.46. The molecule has 66 valence electrons. The highest BCUT2D eigenvalue weighted by Crippen LogP contribution is 2.18. The van der Waals surface area contributed by atoms with Crippen LogP contribution in [0.15, 0.2) is 11.6 Å². The van der Waals surface area contributed by atoms with Crippen molar-refractivity contribution in [3.63, 3.8) is 0 Å². The molecule has 1 nitrogen and oxygen atoms in total. The summed E-state index contributed by atoms with van der Waals surface area (Å²) in [6, 6.07) is 0. The Morgan fingerprint density at radius 1 is 1.58 bits per heavy atom. The van der Waals surface area contributed by atoms with Gasteiger partial charge in [-0.15, -0.1) is 6.42 Å². The molecule has 1 aliphatic heterocycles. The topological polar surface area (TPSA) is 3.24 Å². The van der Waals surface area contributed by atoms with E-state index < -0.39 is 0 Å². The molecule has 0 amide bonds. The number of hydrogen-bond donors (Lipinski definition) is 0. The molecule has 1 rings (SSSR count). The van der Waals surface area contributed by atoms with Crippen LogP contribution in [0.1, 0.15) is 27.2 Å². The van der Waals surface area contributed by atoms with E-state index in [1.54, 1.807) is 0 Å². The van der Waals surface area contributed by atoms with Gasteiger partial charge in [0.2, 0.25) is 0 Å². The highest BCUT2D eigenvalue weighted by molar-refractivity contribution is 5.13. The smallest absolute Gasteiger partial charge is 0.0768 e. The minimum absolute atomic E-state index is 0.0861. The van der Waals surface area contributed by atoms with Crippen LogP contribution in [-0.4, -0.2) is 23.5 Å². The summed E-state index contributed by atoms with van der Waals surface area (Å²) in [7, 11) is 0. The second-order valence-corrected chi connectivity index (χ2v) is 3.95. The highest BCUT2D eigenvalue weighted by Gasteiger charge is 2.24. The monoisotopic (exact) mass is 163 g/mol. The predicted octanol–water partition coefficient (Wildman–Crippen LogP) is 2.05. The van der Waals surface area contributed by atoms with Crippen LogP contribution in [0.2, 0.25) is 0 Å². The van der Waals surface area contributed by atoms with Gasteiger partial charge in [-0.1, -0.05) is 17.6 Å². The Labute approximate surface area is 75.5 Å². The third-order valence-corrected chi connectivity index (χ3v) is 2.58. The molecule has 0 saturated carbocycles. The van der Waals surface area contributed by atoms with Gasteiger partial charge in [-0.3, -0.25) is 4.90 Å². The Morgan fingerprint density at radius 3 is 2.67 bits per heavy atom. The molecule has 0 atom stereocenters. The summed E-state index contributed by atoms with van der Waals surface area (Å²) in [5.41, 5.74) is 1.40. The summed E-state index contributed by atoms with van der Waals surface area (Å²) in [5, 5.41) is 0. The lowest BCUT2D eigenvalue weighted by Gasteiger charge is -2.36.